The maximum absolute atomic E-state index is 12.0. The third-order valence-corrected chi connectivity index (χ3v) is 3.25. The summed E-state index contributed by atoms with van der Waals surface area (Å²) in [5.74, 6) is 0.400. The Hall–Kier alpha value is -3.09. The zero-order valence-electron chi connectivity index (χ0n) is 13.8. The van der Waals surface area contributed by atoms with Gasteiger partial charge < -0.3 is 15.0 Å². The summed E-state index contributed by atoms with van der Waals surface area (Å²) in [5.41, 5.74) is 7.48. The van der Waals surface area contributed by atoms with Gasteiger partial charge in [0.1, 0.15) is 23.4 Å². The van der Waals surface area contributed by atoms with Gasteiger partial charge in [-0.2, -0.15) is 0 Å². The monoisotopic (exact) mass is 325 g/mol. The summed E-state index contributed by atoms with van der Waals surface area (Å²) in [6.07, 6.45) is 2.70. The van der Waals surface area contributed by atoms with E-state index in [0.717, 1.165) is 5.69 Å². The second-order valence-electron chi connectivity index (χ2n) is 6.37. The number of nitrogens with two attached hydrogens (primary N) is 1. The number of nitrogens with zero attached hydrogens (tertiary/aromatic N) is 3. The van der Waals surface area contributed by atoms with Gasteiger partial charge in [0.05, 0.1) is 5.39 Å². The minimum Gasteiger partial charge on any atom is -0.444 e. The molecule has 1 amide bonds. The van der Waals surface area contributed by atoms with Crippen LogP contribution in [-0.2, 0) is 4.74 Å². The zero-order chi connectivity index (χ0) is 17.3. The molecule has 7 nitrogen and oxygen atoms in total. The summed E-state index contributed by atoms with van der Waals surface area (Å²) in [4.78, 5) is 20.4. The van der Waals surface area contributed by atoms with E-state index < -0.39 is 11.7 Å². The van der Waals surface area contributed by atoms with Crippen LogP contribution in [0.5, 0.6) is 0 Å². The highest BCUT2D eigenvalue weighted by Crippen LogP contribution is 2.24. The van der Waals surface area contributed by atoms with E-state index in [0.29, 0.717) is 22.5 Å². The van der Waals surface area contributed by atoms with Gasteiger partial charge in [0.2, 0.25) is 0 Å². The van der Waals surface area contributed by atoms with Gasteiger partial charge in [-0.1, -0.05) is 6.07 Å². The molecule has 3 aromatic rings. The molecule has 0 unspecified atom stereocenters. The molecule has 0 bridgehead atoms. The highest BCUT2D eigenvalue weighted by Gasteiger charge is 2.18. The summed E-state index contributed by atoms with van der Waals surface area (Å²) in [6.45, 7) is 5.41. The number of rotatable bonds is 2. The number of ether oxygens (including phenoxy) is 1. The van der Waals surface area contributed by atoms with E-state index in [-0.39, 0.29) is 0 Å². The first kappa shape index (κ1) is 15.8. The molecule has 0 atom stereocenters. The molecule has 1 aromatic carbocycles. The van der Waals surface area contributed by atoms with Crippen molar-refractivity contribution in [2.75, 3.05) is 11.1 Å². The van der Waals surface area contributed by atoms with Crippen molar-refractivity contribution in [3.8, 4) is 5.69 Å². The molecule has 3 rings (SSSR count). The Balaban J connectivity index is 1.96. The molecule has 0 aliphatic heterocycles. The molecule has 0 radical (unpaired) electrons. The number of aromatic nitrogens is 3. The number of amides is 1. The normalized spacial score (nSPS) is 11.5. The zero-order valence-corrected chi connectivity index (χ0v) is 13.8. The SMILES string of the molecule is CC(C)(C)OC(=O)Nc1ncnc2c1ccn2-c1cccc(N)c1. The van der Waals surface area contributed by atoms with E-state index in [1.54, 1.807) is 20.8 Å². The van der Waals surface area contributed by atoms with Gasteiger partial charge in [0.25, 0.3) is 0 Å². The maximum atomic E-state index is 12.0. The standard InChI is InChI=1S/C17H19N5O2/c1-17(2,3)24-16(23)21-14-13-7-8-22(15(13)20-10-19-14)12-6-4-5-11(18)9-12/h4-10H,18H2,1-3H3,(H,19,20,21,23). The lowest BCUT2D eigenvalue weighted by Gasteiger charge is -2.19. The van der Waals surface area contributed by atoms with Crippen LogP contribution in [0.4, 0.5) is 16.3 Å². The van der Waals surface area contributed by atoms with Crippen LogP contribution in [0.15, 0.2) is 42.9 Å². The van der Waals surface area contributed by atoms with Crippen molar-refractivity contribution in [3.63, 3.8) is 0 Å². The second kappa shape index (κ2) is 5.84. The van der Waals surface area contributed by atoms with Crippen molar-refractivity contribution in [3.05, 3.63) is 42.9 Å². The summed E-state index contributed by atoms with van der Waals surface area (Å²) in [7, 11) is 0. The van der Waals surface area contributed by atoms with Crippen LogP contribution in [-0.4, -0.2) is 26.2 Å². The van der Waals surface area contributed by atoms with Crippen molar-refractivity contribution >= 4 is 28.6 Å². The molecule has 2 aromatic heterocycles. The fourth-order valence-corrected chi connectivity index (χ4v) is 2.33. The molecule has 7 heteroatoms. The summed E-state index contributed by atoms with van der Waals surface area (Å²) in [5, 5.41) is 3.38. The van der Waals surface area contributed by atoms with E-state index in [2.05, 4.69) is 15.3 Å². The summed E-state index contributed by atoms with van der Waals surface area (Å²) in [6, 6.07) is 9.31. The number of hydrogen-bond donors (Lipinski definition) is 2. The molecule has 0 aliphatic rings. The first-order valence-corrected chi connectivity index (χ1v) is 7.51. The number of carbonyl (C=O) groups excluding carboxylic acids is 1. The van der Waals surface area contributed by atoms with E-state index in [1.165, 1.54) is 6.33 Å². The van der Waals surface area contributed by atoms with Gasteiger partial charge in [-0.05, 0) is 45.0 Å². The number of nitrogens with one attached hydrogen (secondary N) is 1. The predicted molar refractivity (Wildman–Crippen MR) is 93.1 cm³/mol. The summed E-state index contributed by atoms with van der Waals surface area (Å²) < 4.78 is 7.15. The quantitative estimate of drug-likeness (QED) is 0.705. The topological polar surface area (TPSA) is 95.1 Å². The Kier molecular flexibility index (Phi) is 3.84. The van der Waals surface area contributed by atoms with E-state index in [9.17, 15) is 4.79 Å². The molecule has 0 aliphatic carbocycles. The molecule has 0 saturated heterocycles. The lowest BCUT2D eigenvalue weighted by molar-refractivity contribution is 0.0635. The molecule has 24 heavy (non-hydrogen) atoms. The molecule has 0 spiro atoms. The Morgan fingerprint density at radius 1 is 1.25 bits per heavy atom. The Morgan fingerprint density at radius 2 is 2.04 bits per heavy atom. The minimum atomic E-state index is -0.580. The molecule has 3 N–H and O–H groups in total. The Labute approximate surface area is 139 Å². The third-order valence-electron chi connectivity index (χ3n) is 3.25. The number of hydrogen-bond acceptors (Lipinski definition) is 5. The fourth-order valence-electron chi connectivity index (χ4n) is 2.33. The van der Waals surface area contributed by atoms with Crippen LogP contribution < -0.4 is 11.1 Å². The van der Waals surface area contributed by atoms with Crippen LogP contribution in [0, 0.1) is 0 Å². The first-order valence-electron chi connectivity index (χ1n) is 7.51. The number of fused-ring (bicyclic) bond motifs is 1. The van der Waals surface area contributed by atoms with Crippen LogP contribution in [0.1, 0.15) is 20.8 Å². The third kappa shape index (κ3) is 3.29. The maximum Gasteiger partial charge on any atom is 0.413 e. The second-order valence-corrected chi connectivity index (χ2v) is 6.37. The summed E-state index contributed by atoms with van der Waals surface area (Å²) >= 11 is 0. The van der Waals surface area contributed by atoms with Crippen LogP contribution in [0.3, 0.4) is 0 Å². The van der Waals surface area contributed by atoms with Crippen molar-refractivity contribution in [2.24, 2.45) is 0 Å². The Morgan fingerprint density at radius 3 is 2.75 bits per heavy atom. The molecule has 0 saturated carbocycles. The average molecular weight is 325 g/mol. The van der Waals surface area contributed by atoms with Gasteiger partial charge in [0.15, 0.2) is 0 Å². The van der Waals surface area contributed by atoms with Gasteiger partial charge in [-0.15, -0.1) is 0 Å². The van der Waals surface area contributed by atoms with Gasteiger partial charge in [-0.3, -0.25) is 5.32 Å². The van der Waals surface area contributed by atoms with Gasteiger partial charge in [-0.25, -0.2) is 14.8 Å². The number of nitrogen functional groups attached to an aromatic ring is 1. The number of carbonyl (C=O) groups is 1. The van der Waals surface area contributed by atoms with Crippen LogP contribution in [0.25, 0.3) is 16.7 Å². The van der Waals surface area contributed by atoms with Gasteiger partial charge in [0, 0.05) is 17.6 Å². The Bertz CT molecular complexity index is 895. The van der Waals surface area contributed by atoms with E-state index in [1.807, 2.05) is 41.1 Å². The van der Waals surface area contributed by atoms with E-state index in [4.69, 9.17) is 10.5 Å². The molecular weight excluding hydrogens is 306 g/mol. The van der Waals surface area contributed by atoms with E-state index >= 15 is 0 Å². The first-order chi connectivity index (χ1) is 11.3. The van der Waals surface area contributed by atoms with Crippen molar-refractivity contribution in [1.82, 2.24) is 14.5 Å². The predicted octanol–water partition coefficient (Wildman–Crippen LogP) is 3.35. The van der Waals surface area contributed by atoms with Gasteiger partial charge >= 0.3 is 6.09 Å². The molecule has 2 heterocycles. The largest absolute Gasteiger partial charge is 0.444 e. The number of benzene rings is 1. The van der Waals surface area contributed by atoms with Crippen molar-refractivity contribution in [1.29, 1.82) is 0 Å². The lowest BCUT2D eigenvalue weighted by Crippen LogP contribution is -2.27. The molecule has 0 fully saturated rings. The number of anilines is 2. The average Bonchev–Trinajstić information content (AvgIpc) is 2.90. The van der Waals surface area contributed by atoms with Crippen LogP contribution >= 0.6 is 0 Å². The molecule has 124 valence electrons. The minimum absolute atomic E-state index is 0.400. The molecular formula is C17H19N5O2. The fraction of sp³-hybridized carbons (Fsp3) is 0.235. The van der Waals surface area contributed by atoms with Crippen LogP contribution in [0.2, 0.25) is 0 Å². The van der Waals surface area contributed by atoms with Crippen molar-refractivity contribution in [2.45, 2.75) is 26.4 Å². The van der Waals surface area contributed by atoms with Crippen molar-refractivity contribution < 1.29 is 9.53 Å². The highest BCUT2D eigenvalue weighted by molar-refractivity contribution is 5.96. The highest BCUT2D eigenvalue weighted by atomic mass is 16.6. The smallest absolute Gasteiger partial charge is 0.413 e. The lowest BCUT2D eigenvalue weighted by atomic mass is 10.2.